The zero-order chi connectivity index (χ0) is 19.6. The molecule has 0 amide bonds. The third-order valence-corrected chi connectivity index (χ3v) is 4.20. The van der Waals surface area contributed by atoms with Gasteiger partial charge >= 0.3 is 0 Å². The monoisotopic (exact) mass is 499 g/mol. The second-order valence-corrected chi connectivity index (χ2v) is 6.01. The van der Waals surface area contributed by atoms with Crippen LogP contribution in [-0.2, 0) is 13.1 Å². The molecule has 154 valence electrons. The molecule has 2 N–H and O–H groups in total. The van der Waals surface area contributed by atoms with Crippen LogP contribution in [0.1, 0.15) is 23.6 Å². The summed E-state index contributed by atoms with van der Waals surface area (Å²) in [5, 5.41) is 6.65. The second kappa shape index (κ2) is 12.3. The molecular weight excluding hydrogens is 469 g/mol. The lowest BCUT2D eigenvalue weighted by Gasteiger charge is -2.15. The fourth-order valence-corrected chi connectivity index (χ4v) is 2.73. The smallest absolute Gasteiger partial charge is 0.203 e. The lowest BCUT2D eigenvalue weighted by molar-refractivity contribution is 0.324. The number of benzene rings is 2. The molecule has 0 aromatic heterocycles. The third kappa shape index (κ3) is 6.47. The van der Waals surface area contributed by atoms with Gasteiger partial charge in [0.05, 0.1) is 27.9 Å². The van der Waals surface area contributed by atoms with Crippen LogP contribution in [-0.4, -0.2) is 33.8 Å². The van der Waals surface area contributed by atoms with Crippen molar-refractivity contribution in [2.75, 3.05) is 27.9 Å². The molecule has 7 heteroatoms. The molecule has 2 aromatic rings. The van der Waals surface area contributed by atoms with E-state index in [4.69, 9.17) is 14.2 Å². The number of aryl methyl sites for hydroxylation is 1. The summed E-state index contributed by atoms with van der Waals surface area (Å²) in [5.41, 5.74) is 3.47. The number of halogens is 1. The molecule has 0 saturated heterocycles. The van der Waals surface area contributed by atoms with Crippen molar-refractivity contribution in [3.8, 4) is 17.2 Å². The van der Waals surface area contributed by atoms with E-state index >= 15 is 0 Å². The van der Waals surface area contributed by atoms with Gasteiger partial charge in [-0.15, -0.1) is 24.0 Å². The Morgan fingerprint density at radius 2 is 1.61 bits per heavy atom. The fourth-order valence-electron chi connectivity index (χ4n) is 2.73. The Bertz CT molecular complexity index is 756. The topological polar surface area (TPSA) is 64.1 Å². The van der Waals surface area contributed by atoms with Gasteiger partial charge in [0.1, 0.15) is 0 Å². The van der Waals surface area contributed by atoms with Gasteiger partial charge in [0.25, 0.3) is 0 Å². The number of rotatable bonds is 8. The minimum Gasteiger partial charge on any atom is -0.493 e. The van der Waals surface area contributed by atoms with E-state index in [1.54, 1.807) is 21.3 Å². The van der Waals surface area contributed by atoms with Crippen LogP contribution in [0.4, 0.5) is 0 Å². The first-order valence-electron chi connectivity index (χ1n) is 8.98. The van der Waals surface area contributed by atoms with Crippen molar-refractivity contribution in [3.63, 3.8) is 0 Å². The molecule has 0 spiro atoms. The number of methoxy groups -OCH3 is 3. The summed E-state index contributed by atoms with van der Waals surface area (Å²) in [7, 11) is 4.81. The van der Waals surface area contributed by atoms with Gasteiger partial charge in [-0.1, -0.05) is 24.3 Å². The molecule has 0 saturated carbocycles. The molecule has 0 aliphatic carbocycles. The van der Waals surface area contributed by atoms with Crippen LogP contribution in [0, 0.1) is 6.92 Å². The van der Waals surface area contributed by atoms with Gasteiger partial charge in [-0.05, 0) is 42.7 Å². The molecule has 2 rings (SSSR count). The minimum atomic E-state index is 0. The number of ether oxygens (including phenoxy) is 3. The van der Waals surface area contributed by atoms with Crippen LogP contribution < -0.4 is 24.8 Å². The molecule has 2 aromatic carbocycles. The standard InChI is InChI=1S/C21H29N3O3.HI/c1-6-22-21(24-14-17-10-8-7-9-15(17)2)23-13-16-11-18(25-3)20(27-5)19(12-16)26-4;/h7-12H,6,13-14H2,1-5H3,(H2,22,23,24);1H. The first-order valence-corrected chi connectivity index (χ1v) is 8.98. The summed E-state index contributed by atoms with van der Waals surface area (Å²) < 4.78 is 16.2. The molecule has 0 aliphatic heterocycles. The van der Waals surface area contributed by atoms with Gasteiger partial charge in [0.15, 0.2) is 17.5 Å². The van der Waals surface area contributed by atoms with E-state index in [1.807, 2.05) is 31.2 Å². The Morgan fingerprint density at radius 3 is 2.14 bits per heavy atom. The molecule has 28 heavy (non-hydrogen) atoms. The summed E-state index contributed by atoms with van der Waals surface area (Å²) in [6.07, 6.45) is 0. The maximum absolute atomic E-state index is 5.41. The molecule has 0 atom stereocenters. The Balaban J connectivity index is 0.00000392. The Morgan fingerprint density at radius 1 is 0.964 bits per heavy atom. The van der Waals surface area contributed by atoms with Crippen molar-refractivity contribution in [1.82, 2.24) is 10.6 Å². The number of nitrogens with one attached hydrogen (secondary N) is 2. The van der Waals surface area contributed by atoms with Gasteiger partial charge < -0.3 is 24.8 Å². The predicted molar refractivity (Wildman–Crippen MR) is 124 cm³/mol. The number of hydrogen-bond acceptors (Lipinski definition) is 4. The fraction of sp³-hybridized carbons (Fsp3) is 0.381. The Hall–Kier alpha value is -2.16. The molecule has 0 unspecified atom stereocenters. The molecule has 6 nitrogen and oxygen atoms in total. The molecule has 0 heterocycles. The summed E-state index contributed by atoms with van der Waals surface area (Å²) in [6.45, 7) is 6.14. The number of aliphatic imine (C=N–C) groups is 1. The average Bonchev–Trinajstić information content (AvgIpc) is 2.70. The van der Waals surface area contributed by atoms with Gasteiger partial charge in [-0.2, -0.15) is 0 Å². The molecule has 0 aliphatic rings. The minimum absolute atomic E-state index is 0. The van der Waals surface area contributed by atoms with Crippen LogP contribution in [0.2, 0.25) is 0 Å². The van der Waals surface area contributed by atoms with E-state index < -0.39 is 0 Å². The van der Waals surface area contributed by atoms with Crippen LogP contribution in [0.25, 0.3) is 0 Å². The molecule has 0 bridgehead atoms. The maximum atomic E-state index is 5.41. The zero-order valence-electron chi connectivity index (χ0n) is 17.2. The van der Waals surface area contributed by atoms with E-state index in [-0.39, 0.29) is 24.0 Å². The predicted octanol–water partition coefficient (Wildman–Crippen LogP) is 3.89. The van der Waals surface area contributed by atoms with E-state index in [9.17, 15) is 0 Å². The normalized spacial score (nSPS) is 10.7. The highest BCUT2D eigenvalue weighted by atomic mass is 127. The molecular formula is C21H30IN3O3. The van der Waals surface area contributed by atoms with Crippen molar-refractivity contribution in [3.05, 3.63) is 53.1 Å². The zero-order valence-corrected chi connectivity index (χ0v) is 19.5. The highest BCUT2D eigenvalue weighted by Gasteiger charge is 2.13. The Kier molecular flexibility index (Phi) is 10.5. The first-order chi connectivity index (χ1) is 13.1. The van der Waals surface area contributed by atoms with Gasteiger partial charge in [-0.25, -0.2) is 4.99 Å². The summed E-state index contributed by atoms with van der Waals surface area (Å²) in [5.74, 6) is 2.59. The summed E-state index contributed by atoms with van der Waals surface area (Å²) in [6, 6.07) is 12.1. The van der Waals surface area contributed by atoms with Crippen LogP contribution in [0.3, 0.4) is 0 Å². The largest absolute Gasteiger partial charge is 0.493 e. The van der Waals surface area contributed by atoms with Crippen molar-refractivity contribution in [2.45, 2.75) is 26.9 Å². The van der Waals surface area contributed by atoms with Crippen LogP contribution >= 0.6 is 24.0 Å². The summed E-state index contributed by atoms with van der Waals surface area (Å²) in [4.78, 5) is 4.68. The Labute approximate surface area is 184 Å². The highest BCUT2D eigenvalue weighted by molar-refractivity contribution is 14.0. The molecule has 0 fully saturated rings. The van der Waals surface area contributed by atoms with Crippen molar-refractivity contribution >= 4 is 29.9 Å². The first kappa shape index (κ1) is 23.9. The van der Waals surface area contributed by atoms with Gasteiger partial charge in [0, 0.05) is 13.1 Å². The quantitative estimate of drug-likeness (QED) is 0.328. The SMILES string of the molecule is CCNC(=NCc1cc(OC)c(OC)c(OC)c1)NCc1ccccc1C.I. The summed E-state index contributed by atoms with van der Waals surface area (Å²) >= 11 is 0. The molecule has 0 radical (unpaired) electrons. The highest BCUT2D eigenvalue weighted by Crippen LogP contribution is 2.38. The van der Waals surface area contributed by atoms with Crippen LogP contribution in [0.15, 0.2) is 41.4 Å². The van der Waals surface area contributed by atoms with Crippen LogP contribution in [0.5, 0.6) is 17.2 Å². The number of nitrogens with zero attached hydrogens (tertiary/aromatic N) is 1. The van der Waals surface area contributed by atoms with E-state index in [0.717, 1.165) is 18.1 Å². The van der Waals surface area contributed by atoms with Gasteiger partial charge in [0.2, 0.25) is 5.75 Å². The van der Waals surface area contributed by atoms with Crippen molar-refractivity contribution in [2.24, 2.45) is 4.99 Å². The number of guanidine groups is 1. The average molecular weight is 499 g/mol. The van der Waals surface area contributed by atoms with E-state index in [2.05, 4.69) is 34.7 Å². The van der Waals surface area contributed by atoms with E-state index in [0.29, 0.717) is 30.3 Å². The lowest BCUT2D eigenvalue weighted by Crippen LogP contribution is -2.36. The second-order valence-electron chi connectivity index (χ2n) is 6.01. The van der Waals surface area contributed by atoms with Crippen molar-refractivity contribution < 1.29 is 14.2 Å². The third-order valence-electron chi connectivity index (χ3n) is 4.20. The lowest BCUT2D eigenvalue weighted by atomic mass is 10.1. The van der Waals surface area contributed by atoms with Gasteiger partial charge in [-0.3, -0.25) is 0 Å². The number of hydrogen-bond donors (Lipinski definition) is 2. The van der Waals surface area contributed by atoms with Crippen molar-refractivity contribution in [1.29, 1.82) is 0 Å². The van der Waals surface area contributed by atoms with E-state index in [1.165, 1.54) is 11.1 Å². The maximum Gasteiger partial charge on any atom is 0.203 e.